The van der Waals surface area contributed by atoms with Gasteiger partial charge < -0.3 is 15.7 Å². The number of nitrogens with one attached hydrogen (secondary N) is 2. The van der Waals surface area contributed by atoms with E-state index in [1.165, 1.54) is 0 Å². The van der Waals surface area contributed by atoms with Crippen LogP contribution in [0, 0.1) is 5.92 Å². The van der Waals surface area contributed by atoms with Crippen LogP contribution in [0.25, 0.3) is 0 Å². The van der Waals surface area contributed by atoms with Crippen LogP contribution in [0.2, 0.25) is 0 Å². The zero-order chi connectivity index (χ0) is 13.7. The fraction of sp³-hybridized carbons (Fsp3) is 0.545. The summed E-state index contributed by atoms with van der Waals surface area (Å²) >= 11 is 0. The Hall–Kier alpha value is -2.05. The fourth-order valence-electron chi connectivity index (χ4n) is 1.43. The van der Waals surface area contributed by atoms with E-state index >= 15 is 0 Å². The van der Waals surface area contributed by atoms with Gasteiger partial charge in [0.15, 0.2) is 0 Å². The Balaban J connectivity index is 2.43. The molecule has 7 nitrogen and oxygen atoms in total. The smallest absolute Gasteiger partial charge is 0.326 e. The maximum Gasteiger partial charge on any atom is 0.326 e. The van der Waals surface area contributed by atoms with Crippen LogP contribution in [-0.2, 0) is 18.4 Å². The van der Waals surface area contributed by atoms with Crippen molar-refractivity contribution in [3.8, 4) is 0 Å². The van der Waals surface area contributed by atoms with E-state index in [0.717, 1.165) is 0 Å². The van der Waals surface area contributed by atoms with E-state index in [9.17, 15) is 9.59 Å². The third-order valence-corrected chi connectivity index (χ3v) is 2.42. The second-order valence-electron chi connectivity index (χ2n) is 4.37. The predicted octanol–water partition coefficient (Wildman–Crippen LogP) is 0.328. The normalized spacial score (nSPS) is 12.2. The molecule has 0 fully saturated rings. The zero-order valence-electron chi connectivity index (χ0n) is 10.7. The highest BCUT2D eigenvalue weighted by Gasteiger charge is 2.23. The molecule has 0 spiro atoms. The highest BCUT2D eigenvalue weighted by Crippen LogP contribution is 2.01. The molecule has 0 radical (unpaired) electrons. The first-order valence-corrected chi connectivity index (χ1v) is 5.66. The average Bonchev–Trinajstić information content (AvgIpc) is 2.68. The number of urea groups is 1. The van der Waals surface area contributed by atoms with Crippen LogP contribution in [-0.4, -0.2) is 32.9 Å². The molecule has 1 aromatic heterocycles. The number of rotatable bonds is 5. The van der Waals surface area contributed by atoms with Gasteiger partial charge in [0.2, 0.25) is 0 Å². The molecular weight excluding hydrogens is 236 g/mol. The number of hydrogen-bond acceptors (Lipinski definition) is 3. The van der Waals surface area contributed by atoms with Crippen LogP contribution in [0.1, 0.15) is 19.5 Å². The van der Waals surface area contributed by atoms with Crippen molar-refractivity contribution in [3.05, 3.63) is 18.0 Å². The molecule has 3 N–H and O–H groups in total. The van der Waals surface area contributed by atoms with E-state index in [-0.39, 0.29) is 12.5 Å². The molecular formula is C11H18N4O3. The summed E-state index contributed by atoms with van der Waals surface area (Å²) in [6.07, 6.45) is 1.77. The second kappa shape index (κ2) is 6.04. The van der Waals surface area contributed by atoms with Crippen molar-refractivity contribution in [2.24, 2.45) is 13.0 Å². The molecule has 1 aromatic rings. The summed E-state index contributed by atoms with van der Waals surface area (Å²) in [6.45, 7) is 3.73. The van der Waals surface area contributed by atoms with E-state index in [2.05, 4.69) is 15.7 Å². The van der Waals surface area contributed by atoms with E-state index in [1.54, 1.807) is 37.8 Å². The number of nitrogens with zero attached hydrogens (tertiary/aromatic N) is 2. The average molecular weight is 254 g/mol. The van der Waals surface area contributed by atoms with E-state index < -0.39 is 18.0 Å². The molecule has 100 valence electrons. The predicted molar refractivity (Wildman–Crippen MR) is 64.8 cm³/mol. The van der Waals surface area contributed by atoms with Gasteiger partial charge in [-0.2, -0.15) is 5.10 Å². The lowest BCUT2D eigenvalue weighted by molar-refractivity contribution is -0.140. The molecule has 0 saturated heterocycles. The number of carboxylic acids is 1. The number of carbonyl (C=O) groups excluding carboxylic acids is 1. The Bertz CT molecular complexity index is 428. The summed E-state index contributed by atoms with van der Waals surface area (Å²) in [4.78, 5) is 22.4. The van der Waals surface area contributed by atoms with E-state index in [4.69, 9.17) is 5.11 Å². The van der Waals surface area contributed by atoms with Gasteiger partial charge in [-0.05, 0) is 12.0 Å². The van der Waals surface area contributed by atoms with Gasteiger partial charge in [0.05, 0.1) is 12.2 Å². The van der Waals surface area contributed by atoms with Gasteiger partial charge in [-0.1, -0.05) is 13.8 Å². The SMILES string of the molecule is CC(C)C(NC(=O)NCc1ccn(C)n1)C(=O)O. The number of carbonyl (C=O) groups is 2. The number of aryl methyl sites for hydroxylation is 1. The lowest BCUT2D eigenvalue weighted by Crippen LogP contribution is -2.48. The molecule has 0 aliphatic carbocycles. The van der Waals surface area contributed by atoms with Gasteiger partial charge in [0.25, 0.3) is 0 Å². The molecule has 7 heteroatoms. The first-order chi connectivity index (χ1) is 8.40. The lowest BCUT2D eigenvalue weighted by atomic mass is 10.1. The largest absolute Gasteiger partial charge is 0.480 e. The highest BCUT2D eigenvalue weighted by atomic mass is 16.4. The molecule has 18 heavy (non-hydrogen) atoms. The maximum absolute atomic E-state index is 11.5. The van der Waals surface area contributed by atoms with Crippen molar-refractivity contribution in [3.63, 3.8) is 0 Å². The molecule has 0 bridgehead atoms. The molecule has 0 aliphatic heterocycles. The fourth-order valence-corrected chi connectivity index (χ4v) is 1.43. The number of hydrogen-bond donors (Lipinski definition) is 3. The van der Waals surface area contributed by atoms with Crippen molar-refractivity contribution in [1.82, 2.24) is 20.4 Å². The maximum atomic E-state index is 11.5. The monoisotopic (exact) mass is 254 g/mol. The van der Waals surface area contributed by atoms with E-state index in [1.807, 2.05) is 0 Å². The van der Waals surface area contributed by atoms with Gasteiger partial charge in [-0.15, -0.1) is 0 Å². The zero-order valence-corrected chi connectivity index (χ0v) is 10.7. The standard InChI is InChI=1S/C11H18N4O3/c1-7(2)9(10(16)17)13-11(18)12-6-8-4-5-15(3)14-8/h4-5,7,9H,6H2,1-3H3,(H,16,17)(H2,12,13,18). The first-order valence-electron chi connectivity index (χ1n) is 5.66. The Kier molecular flexibility index (Phi) is 4.70. The molecule has 1 atom stereocenters. The van der Waals surface area contributed by atoms with Crippen LogP contribution < -0.4 is 10.6 Å². The van der Waals surface area contributed by atoms with Gasteiger partial charge in [-0.25, -0.2) is 9.59 Å². The highest BCUT2D eigenvalue weighted by molar-refractivity contribution is 5.82. The molecule has 0 aliphatic rings. The summed E-state index contributed by atoms with van der Waals surface area (Å²) < 4.78 is 1.63. The third-order valence-electron chi connectivity index (χ3n) is 2.42. The van der Waals surface area contributed by atoms with Crippen LogP contribution >= 0.6 is 0 Å². The summed E-state index contributed by atoms with van der Waals surface area (Å²) in [7, 11) is 1.78. The Morgan fingerprint density at radius 3 is 2.61 bits per heavy atom. The number of amides is 2. The third kappa shape index (κ3) is 4.08. The molecule has 0 aromatic carbocycles. The molecule has 1 unspecified atom stereocenters. The van der Waals surface area contributed by atoms with Gasteiger partial charge in [0.1, 0.15) is 6.04 Å². The van der Waals surface area contributed by atoms with Crippen molar-refractivity contribution < 1.29 is 14.7 Å². The van der Waals surface area contributed by atoms with Crippen molar-refractivity contribution in [1.29, 1.82) is 0 Å². The summed E-state index contributed by atoms with van der Waals surface area (Å²) in [5.74, 6) is -1.22. The van der Waals surface area contributed by atoms with Crippen LogP contribution in [0.3, 0.4) is 0 Å². The molecule has 1 rings (SSSR count). The Morgan fingerprint density at radius 2 is 2.17 bits per heavy atom. The lowest BCUT2D eigenvalue weighted by Gasteiger charge is -2.17. The number of carboxylic acid groups (broad SMARTS) is 1. The van der Waals surface area contributed by atoms with Gasteiger partial charge in [-0.3, -0.25) is 4.68 Å². The van der Waals surface area contributed by atoms with Crippen molar-refractivity contribution in [2.45, 2.75) is 26.4 Å². The number of aromatic nitrogens is 2. The topological polar surface area (TPSA) is 96.3 Å². The van der Waals surface area contributed by atoms with Crippen LogP contribution in [0.15, 0.2) is 12.3 Å². The minimum Gasteiger partial charge on any atom is -0.480 e. The second-order valence-corrected chi connectivity index (χ2v) is 4.37. The summed E-state index contributed by atoms with van der Waals surface area (Å²) in [6, 6.07) is 0.368. The Labute approximate surface area is 105 Å². The minimum atomic E-state index is -1.04. The van der Waals surface area contributed by atoms with Crippen molar-refractivity contribution in [2.75, 3.05) is 0 Å². The minimum absolute atomic E-state index is 0.178. The quantitative estimate of drug-likeness (QED) is 0.705. The molecule has 1 heterocycles. The summed E-state index contributed by atoms with van der Waals surface area (Å²) in [5, 5.41) is 18.0. The van der Waals surface area contributed by atoms with Gasteiger partial charge in [0, 0.05) is 13.2 Å². The van der Waals surface area contributed by atoms with Crippen LogP contribution in [0.5, 0.6) is 0 Å². The number of aliphatic carboxylic acids is 1. The Morgan fingerprint density at radius 1 is 1.50 bits per heavy atom. The first kappa shape index (κ1) is 14.0. The molecule has 2 amide bonds. The van der Waals surface area contributed by atoms with Crippen molar-refractivity contribution >= 4 is 12.0 Å². The molecule has 0 saturated carbocycles. The van der Waals surface area contributed by atoms with E-state index in [0.29, 0.717) is 5.69 Å². The van der Waals surface area contributed by atoms with Crippen LogP contribution in [0.4, 0.5) is 4.79 Å². The summed E-state index contributed by atoms with van der Waals surface area (Å²) in [5.41, 5.74) is 0.712. The van der Waals surface area contributed by atoms with Gasteiger partial charge >= 0.3 is 12.0 Å².